The summed E-state index contributed by atoms with van der Waals surface area (Å²) in [4.78, 5) is 90.3. The molecule has 19 heteroatoms. The number of amides is 7. The van der Waals surface area contributed by atoms with Gasteiger partial charge in [-0.15, -0.1) is 0 Å². The molecule has 7 rings (SSSR count). The Labute approximate surface area is 507 Å². The van der Waals surface area contributed by atoms with Crippen molar-refractivity contribution >= 4 is 47.4 Å². The maximum Gasteiger partial charge on any atom is 0.407 e. The summed E-state index contributed by atoms with van der Waals surface area (Å²) in [6, 6.07) is 21.6. The lowest BCUT2D eigenvalue weighted by Gasteiger charge is -2.39. The van der Waals surface area contributed by atoms with Crippen LogP contribution in [-0.2, 0) is 49.5 Å². The van der Waals surface area contributed by atoms with E-state index in [0.717, 1.165) is 47.1 Å². The number of ether oxygens (including phenoxy) is 5. The highest BCUT2D eigenvalue weighted by Gasteiger charge is 2.51. The molecule has 19 nitrogen and oxygen atoms in total. The highest BCUT2D eigenvalue weighted by atomic mass is 16.6. The Bertz CT molecular complexity index is 2840. The monoisotopic (exact) mass is 1190 g/mol. The van der Waals surface area contributed by atoms with Crippen molar-refractivity contribution in [1.82, 2.24) is 26.6 Å². The summed E-state index contributed by atoms with van der Waals surface area (Å²) in [6.07, 6.45) is 13.6. The molecule has 0 saturated carbocycles. The number of fused-ring (bicyclic) bond motifs is 3. The number of anilines is 1. The van der Waals surface area contributed by atoms with Gasteiger partial charge in [-0.2, -0.15) is 0 Å². The first-order valence-electron chi connectivity index (χ1n) is 30.8. The molecular formula is C67H91N7O12. The number of unbranched alkanes of at least 4 members (excludes halogenated alkanes) is 2. The summed E-state index contributed by atoms with van der Waals surface area (Å²) in [6.45, 7) is 15.6. The molecule has 8 N–H and O–H groups in total. The number of carbonyl (C=O) groups is 7. The zero-order valence-electron chi connectivity index (χ0n) is 51.2. The topological polar surface area (TPSA) is 267 Å². The number of rotatable bonds is 30. The van der Waals surface area contributed by atoms with Gasteiger partial charge in [-0.05, 0) is 116 Å². The van der Waals surface area contributed by atoms with Gasteiger partial charge in [-0.3, -0.25) is 19.2 Å². The van der Waals surface area contributed by atoms with Crippen molar-refractivity contribution in [3.63, 3.8) is 0 Å². The van der Waals surface area contributed by atoms with Crippen LogP contribution in [0.5, 0.6) is 0 Å². The Morgan fingerprint density at radius 1 is 0.791 bits per heavy atom. The minimum Gasteiger partial charge on any atom is -0.449 e. The molecule has 3 heterocycles. The average molecular weight is 1190 g/mol. The van der Waals surface area contributed by atoms with Crippen LogP contribution in [0, 0.1) is 23.7 Å². The fourth-order valence-electron chi connectivity index (χ4n) is 11.5. The van der Waals surface area contributed by atoms with Gasteiger partial charge in [0.1, 0.15) is 13.2 Å². The van der Waals surface area contributed by atoms with Crippen LogP contribution in [0.25, 0.3) is 11.1 Å². The van der Waals surface area contributed by atoms with E-state index in [2.05, 4.69) is 88.2 Å². The van der Waals surface area contributed by atoms with E-state index in [4.69, 9.17) is 29.4 Å². The number of epoxide rings is 1. The molecule has 4 aliphatic rings. The molecule has 86 heavy (non-hydrogen) atoms. The zero-order valence-corrected chi connectivity index (χ0v) is 51.2. The Kier molecular flexibility index (Phi) is 24.9. The molecule has 466 valence electrons. The fourth-order valence-corrected chi connectivity index (χ4v) is 11.5. The number of nitrogens with two attached hydrogens (primary N) is 1. The summed E-state index contributed by atoms with van der Waals surface area (Å²) in [7, 11) is 0. The van der Waals surface area contributed by atoms with Crippen molar-refractivity contribution < 1.29 is 57.2 Å². The van der Waals surface area contributed by atoms with Crippen LogP contribution in [0.3, 0.4) is 0 Å². The minimum absolute atomic E-state index is 0.0282. The van der Waals surface area contributed by atoms with Crippen molar-refractivity contribution in [2.75, 3.05) is 38.2 Å². The van der Waals surface area contributed by atoms with Crippen LogP contribution in [0.15, 0.2) is 109 Å². The molecule has 3 aromatic rings. The fraction of sp³-hybridized carbons (Fsp3) is 0.537. The molecule has 0 aromatic heterocycles. The number of alkyl carbamates (subject to hydrolysis) is 2. The second kappa shape index (κ2) is 32.4. The molecule has 3 aromatic carbocycles. The quantitative estimate of drug-likeness (QED) is 0.0142. The molecule has 1 spiro atoms. The lowest BCUT2D eigenvalue weighted by atomic mass is 9.88. The average Bonchev–Trinajstić information content (AvgIpc) is 2.79. The number of carbonyl (C=O) groups excluding carboxylic acids is 7. The molecule has 3 saturated heterocycles. The summed E-state index contributed by atoms with van der Waals surface area (Å²) < 4.78 is 29.9. The Morgan fingerprint density at radius 2 is 1.48 bits per heavy atom. The third-order valence-electron chi connectivity index (χ3n) is 16.5. The number of hydrogen-bond acceptors (Lipinski definition) is 12. The lowest BCUT2D eigenvalue weighted by molar-refractivity contribution is -0.131. The number of nitrogens with one attached hydrogen (secondary N) is 6. The number of allylic oxidation sites excluding steroid dienone is 3. The van der Waals surface area contributed by atoms with Gasteiger partial charge in [0, 0.05) is 62.8 Å². The second-order valence-electron chi connectivity index (χ2n) is 24.3. The molecule has 0 bridgehead atoms. The zero-order chi connectivity index (χ0) is 61.8. The normalized spacial score (nSPS) is 22.4. The van der Waals surface area contributed by atoms with Gasteiger partial charge >= 0.3 is 18.2 Å². The van der Waals surface area contributed by atoms with Gasteiger partial charge in [0.15, 0.2) is 5.78 Å². The molecule has 3 fully saturated rings. The van der Waals surface area contributed by atoms with E-state index in [1.54, 1.807) is 30.3 Å². The third-order valence-corrected chi connectivity index (χ3v) is 16.5. The van der Waals surface area contributed by atoms with Crippen molar-refractivity contribution in [3.05, 3.63) is 125 Å². The number of urea groups is 1. The summed E-state index contributed by atoms with van der Waals surface area (Å²) in [5.74, 6) is -1.58. The summed E-state index contributed by atoms with van der Waals surface area (Å²) >= 11 is 0. The smallest absolute Gasteiger partial charge is 0.407 e. The predicted octanol–water partition coefficient (Wildman–Crippen LogP) is 9.83. The van der Waals surface area contributed by atoms with Crippen molar-refractivity contribution in [3.8, 4) is 11.1 Å². The largest absolute Gasteiger partial charge is 0.449 e. The van der Waals surface area contributed by atoms with Crippen LogP contribution in [0.4, 0.5) is 20.1 Å². The Hall–Kier alpha value is -7.35. The lowest BCUT2D eigenvalue weighted by Crippen LogP contribution is -2.50. The van der Waals surface area contributed by atoms with Gasteiger partial charge < -0.3 is 61.3 Å². The van der Waals surface area contributed by atoms with Gasteiger partial charge in [-0.25, -0.2) is 14.4 Å². The van der Waals surface area contributed by atoms with Crippen molar-refractivity contribution in [1.29, 1.82) is 0 Å². The van der Waals surface area contributed by atoms with Gasteiger partial charge in [0.25, 0.3) is 0 Å². The Morgan fingerprint density at radius 3 is 2.15 bits per heavy atom. The van der Waals surface area contributed by atoms with E-state index in [1.165, 1.54) is 0 Å². The van der Waals surface area contributed by atoms with Crippen LogP contribution < -0.4 is 37.6 Å². The van der Waals surface area contributed by atoms with E-state index in [9.17, 15) is 33.6 Å². The van der Waals surface area contributed by atoms with Gasteiger partial charge in [-0.1, -0.05) is 132 Å². The van der Waals surface area contributed by atoms with Crippen LogP contribution in [-0.4, -0.2) is 117 Å². The van der Waals surface area contributed by atoms with E-state index in [-0.39, 0.29) is 117 Å². The number of primary amides is 1. The number of benzene rings is 3. The standard InChI is InChI=1S/C67H91N7O12/c1-42(2)22-31-61(77)73-57-34-45(6)59(85-46(57)7)30-24-44(5)23-29-50-36-67(41-84-67)37-51(86-50)38-71-66(81)82-39-47-25-27-49(28-26-47)72-63(78)48(16-15-33-69-64(68)79)35-58(75)62(43(3)4)74-60(76)21-9-8-14-32-70-65(80)83-40-56-54-19-12-10-17-52(54)53-18-11-13-20-55(53)56/h10-13,17-20,22-29,31,42-43,45-46,48,50-51,56-57,59,62H,8-9,14-16,21,30,32-41H2,1-7H3,(H,70,80)(H,71,81)(H,72,78)(H,73,77)(H,74,76)(H3,68,69,79)/b29-23+,31-22-,44-24+/t45-,46+,48+,50+,51-,57+,59-,62-,67+/m0/s1. The van der Waals surface area contributed by atoms with Crippen molar-refractivity contribution in [2.24, 2.45) is 29.4 Å². The predicted molar refractivity (Wildman–Crippen MR) is 330 cm³/mol. The summed E-state index contributed by atoms with van der Waals surface area (Å²) in [5, 5.41) is 17.1. The second-order valence-corrected chi connectivity index (χ2v) is 24.3. The SMILES string of the molecule is CC(/C=C/[C@@H]1C[C@]2(CO2)C[C@@H](CNC(=O)OCc2ccc(NC(=O)[C@H](CCCNC(N)=O)CC(=O)[C@@H](NC(=O)CCCCCNC(=O)OCC3c4ccccc4-c4ccccc43)C(C)C)cc2)O1)=C\C[C@@H]1O[C@H](C)[C@H](NC(=O)/C=C\C(C)C)C[C@@H]1C. The first-order chi connectivity index (χ1) is 41.2. The van der Waals surface area contributed by atoms with E-state index >= 15 is 0 Å². The Balaban J connectivity index is 0.798. The highest BCUT2D eigenvalue weighted by Crippen LogP contribution is 2.45. The summed E-state index contributed by atoms with van der Waals surface area (Å²) in [5.41, 5.74) is 11.8. The first kappa shape index (κ1) is 66.2. The third kappa shape index (κ3) is 20.7. The van der Waals surface area contributed by atoms with E-state index in [1.807, 2.05) is 65.0 Å². The molecule has 9 atom stereocenters. The number of Topliss-reactive ketones (excluding diaryl/α,β-unsaturated/α-hetero) is 1. The molecular weight excluding hydrogens is 1090 g/mol. The molecule has 0 unspecified atom stereocenters. The molecule has 0 radical (unpaired) electrons. The molecule has 3 aliphatic heterocycles. The van der Waals surface area contributed by atoms with Crippen LogP contribution >= 0.6 is 0 Å². The van der Waals surface area contributed by atoms with Crippen LogP contribution in [0.1, 0.15) is 142 Å². The number of hydrogen-bond donors (Lipinski definition) is 7. The molecule has 1 aliphatic carbocycles. The minimum atomic E-state index is -0.831. The first-order valence-corrected chi connectivity index (χ1v) is 30.8. The number of ketones is 1. The van der Waals surface area contributed by atoms with Crippen LogP contribution in [0.2, 0.25) is 0 Å². The van der Waals surface area contributed by atoms with Crippen molar-refractivity contribution in [2.45, 2.75) is 174 Å². The molecule has 7 amide bonds. The highest BCUT2D eigenvalue weighted by molar-refractivity contribution is 5.97. The van der Waals surface area contributed by atoms with Gasteiger partial charge in [0.05, 0.1) is 48.7 Å². The van der Waals surface area contributed by atoms with E-state index in [0.29, 0.717) is 62.4 Å². The maximum atomic E-state index is 13.9. The van der Waals surface area contributed by atoms with Gasteiger partial charge in [0.2, 0.25) is 17.7 Å². The maximum absolute atomic E-state index is 13.9. The van der Waals surface area contributed by atoms with E-state index < -0.39 is 36.1 Å².